The topological polar surface area (TPSA) is 111 Å². The summed E-state index contributed by atoms with van der Waals surface area (Å²) < 4.78 is 32.5. The number of nitrogens with one attached hydrogen (secondary N) is 1. The molecule has 7 nitrogen and oxygen atoms in total. The molecule has 0 saturated carbocycles. The van der Waals surface area contributed by atoms with E-state index >= 15 is 0 Å². The van der Waals surface area contributed by atoms with Crippen LogP contribution in [0, 0.1) is 0 Å². The number of aryl methyl sites for hydroxylation is 1. The molecule has 134 valence electrons. The normalized spacial score (nSPS) is 11.4. The number of benzene rings is 1. The van der Waals surface area contributed by atoms with E-state index in [1.54, 1.807) is 18.2 Å². The number of nitrogen functional groups attached to an aromatic ring is 1. The van der Waals surface area contributed by atoms with Gasteiger partial charge < -0.3 is 10.3 Å². The molecule has 0 amide bonds. The summed E-state index contributed by atoms with van der Waals surface area (Å²) in [5.74, 6) is 0. The second-order valence-corrected chi connectivity index (χ2v) is 7.16. The van der Waals surface area contributed by atoms with E-state index < -0.39 is 10.0 Å². The van der Waals surface area contributed by atoms with Gasteiger partial charge in [-0.2, -0.15) is 0 Å². The summed E-state index contributed by atoms with van der Waals surface area (Å²) in [6.07, 6.45) is 2.49. The Bertz CT molecular complexity index is 955. The van der Waals surface area contributed by atoms with Crippen molar-refractivity contribution in [2.24, 2.45) is 0 Å². The minimum absolute atomic E-state index is 0. The lowest BCUT2D eigenvalue weighted by Gasteiger charge is -2.07. The first-order chi connectivity index (χ1) is 11.5. The SMILES string of the molecule is CCc1noc2ncc(S(=O)(=O)NCCc3ccc(N)cc3)cc12.Cl. The van der Waals surface area contributed by atoms with Crippen LogP contribution in [0.5, 0.6) is 0 Å². The van der Waals surface area contributed by atoms with Gasteiger partial charge in [-0.1, -0.05) is 24.2 Å². The molecule has 0 aliphatic rings. The van der Waals surface area contributed by atoms with Crippen molar-refractivity contribution in [2.75, 3.05) is 12.3 Å². The van der Waals surface area contributed by atoms with E-state index in [1.165, 1.54) is 6.20 Å². The summed E-state index contributed by atoms with van der Waals surface area (Å²) in [7, 11) is -3.64. The molecule has 0 unspecified atom stereocenters. The molecule has 2 aromatic heterocycles. The minimum Gasteiger partial charge on any atom is -0.399 e. The number of anilines is 1. The molecule has 1 aromatic carbocycles. The van der Waals surface area contributed by atoms with Gasteiger partial charge in [0, 0.05) is 12.2 Å². The Morgan fingerprint density at radius 1 is 1.24 bits per heavy atom. The Morgan fingerprint density at radius 2 is 1.96 bits per heavy atom. The molecule has 25 heavy (non-hydrogen) atoms. The average molecular weight is 383 g/mol. The van der Waals surface area contributed by atoms with Gasteiger partial charge in [0.1, 0.15) is 4.90 Å². The van der Waals surface area contributed by atoms with Crippen molar-refractivity contribution < 1.29 is 12.9 Å². The van der Waals surface area contributed by atoms with E-state index in [0.717, 1.165) is 5.56 Å². The van der Waals surface area contributed by atoms with Crippen molar-refractivity contribution in [1.29, 1.82) is 0 Å². The van der Waals surface area contributed by atoms with Crippen molar-refractivity contribution in [3.05, 3.63) is 47.8 Å². The number of nitrogens with zero attached hydrogens (tertiary/aromatic N) is 2. The van der Waals surface area contributed by atoms with Crippen LogP contribution in [0.15, 0.2) is 45.9 Å². The zero-order chi connectivity index (χ0) is 17.2. The molecule has 0 saturated heterocycles. The largest absolute Gasteiger partial charge is 0.399 e. The van der Waals surface area contributed by atoms with Gasteiger partial charge in [0.15, 0.2) is 0 Å². The standard InChI is InChI=1S/C16H18N4O3S.ClH/c1-2-15-14-9-13(10-18-16(14)23-20-15)24(21,22)19-8-7-11-3-5-12(17)6-4-11;/h3-6,9-10,19H,2,7-8,17H2,1H3;1H. The summed E-state index contributed by atoms with van der Waals surface area (Å²) in [5.41, 5.74) is 8.35. The number of hydrogen-bond acceptors (Lipinski definition) is 6. The second kappa shape index (κ2) is 7.81. The van der Waals surface area contributed by atoms with Crippen molar-refractivity contribution in [1.82, 2.24) is 14.9 Å². The third kappa shape index (κ3) is 4.28. The summed E-state index contributed by atoms with van der Waals surface area (Å²) in [6.45, 7) is 2.21. The number of rotatable bonds is 6. The van der Waals surface area contributed by atoms with Crippen LogP contribution in [0.1, 0.15) is 18.2 Å². The Morgan fingerprint density at radius 3 is 2.64 bits per heavy atom. The van der Waals surface area contributed by atoms with Gasteiger partial charge in [-0.25, -0.2) is 18.1 Å². The van der Waals surface area contributed by atoms with Crippen LogP contribution in [0.25, 0.3) is 11.1 Å². The molecular weight excluding hydrogens is 364 g/mol. The molecular formula is C16H19ClN4O3S. The summed E-state index contributed by atoms with van der Waals surface area (Å²) in [6, 6.07) is 8.88. The Hall–Kier alpha value is -2.16. The molecule has 0 bridgehead atoms. The smallest absolute Gasteiger partial charge is 0.258 e. The highest BCUT2D eigenvalue weighted by atomic mass is 35.5. The predicted molar refractivity (Wildman–Crippen MR) is 98.2 cm³/mol. The van der Waals surface area contributed by atoms with Crippen LogP contribution in [-0.4, -0.2) is 25.1 Å². The molecule has 2 heterocycles. The van der Waals surface area contributed by atoms with Gasteiger partial charge in [-0.15, -0.1) is 12.4 Å². The monoisotopic (exact) mass is 382 g/mol. The molecule has 3 rings (SSSR count). The number of pyridine rings is 1. The molecule has 0 radical (unpaired) electrons. The fourth-order valence-electron chi connectivity index (χ4n) is 2.36. The van der Waals surface area contributed by atoms with Gasteiger partial charge in [0.2, 0.25) is 10.0 Å². The van der Waals surface area contributed by atoms with Crippen LogP contribution in [0.2, 0.25) is 0 Å². The van der Waals surface area contributed by atoms with E-state index in [1.807, 2.05) is 19.1 Å². The first-order valence-corrected chi connectivity index (χ1v) is 9.06. The molecule has 3 N–H and O–H groups in total. The fourth-order valence-corrected chi connectivity index (χ4v) is 3.36. The van der Waals surface area contributed by atoms with E-state index in [0.29, 0.717) is 35.3 Å². The Labute approximate surface area is 152 Å². The highest BCUT2D eigenvalue weighted by Crippen LogP contribution is 2.20. The number of fused-ring (bicyclic) bond motifs is 1. The van der Waals surface area contributed by atoms with Crippen molar-refractivity contribution in [2.45, 2.75) is 24.7 Å². The third-order valence-electron chi connectivity index (χ3n) is 3.71. The lowest BCUT2D eigenvalue weighted by atomic mass is 10.1. The molecule has 0 aliphatic carbocycles. The van der Waals surface area contributed by atoms with Gasteiger partial charge in [-0.3, -0.25) is 0 Å². The van der Waals surface area contributed by atoms with Crippen molar-refractivity contribution in [3.8, 4) is 0 Å². The zero-order valence-electron chi connectivity index (χ0n) is 13.6. The van der Waals surface area contributed by atoms with E-state index in [4.69, 9.17) is 10.3 Å². The maximum Gasteiger partial charge on any atom is 0.258 e. The molecule has 0 fully saturated rings. The lowest BCUT2D eigenvalue weighted by Crippen LogP contribution is -2.26. The number of nitrogens with two attached hydrogens (primary N) is 1. The van der Waals surface area contributed by atoms with Crippen LogP contribution in [0.4, 0.5) is 5.69 Å². The molecule has 0 spiro atoms. The second-order valence-electron chi connectivity index (χ2n) is 5.40. The number of halogens is 1. The van der Waals surface area contributed by atoms with Gasteiger partial charge >= 0.3 is 0 Å². The first-order valence-electron chi connectivity index (χ1n) is 7.58. The van der Waals surface area contributed by atoms with Gasteiger partial charge in [0.25, 0.3) is 5.71 Å². The maximum atomic E-state index is 12.4. The molecule has 0 atom stereocenters. The molecule has 3 aromatic rings. The minimum atomic E-state index is -3.64. The summed E-state index contributed by atoms with van der Waals surface area (Å²) >= 11 is 0. The maximum absolute atomic E-state index is 12.4. The quantitative estimate of drug-likeness (QED) is 0.633. The van der Waals surface area contributed by atoms with Crippen molar-refractivity contribution >= 4 is 39.2 Å². The van der Waals surface area contributed by atoms with Crippen LogP contribution in [0.3, 0.4) is 0 Å². The highest BCUT2D eigenvalue weighted by Gasteiger charge is 2.17. The van der Waals surface area contributed by atoms with Crippen LogP contribution >= 0.6 is 12.4 Å². The predicted octanol–water partition coefficient (Wildman–Crippen LogP) is 2.31. The molecule has 0 aliphatic heterocycles. The van der Waals surface area contributed by atoms with Crippen LogP contribution < -0.4 is 10.5 Å². The van der Waals surface area contributed by atoms with E-state index in [2.05, 4.69) is 14.9 Å². The van der Waals surface area contributed by atoms with Crippen molar-refractivity contribution in [3.63, 3.8) is 0 Å². The lowest BCUT2D eigenvalue weighted by molar-refractivity contribution is 0.439. The van der Waals surface area contributed by atoms with E-state index in [9.17, 15) is 8.42 Å². The number of hydrogen-bond donors (Lipinski definition) is 2. The van der Waals surface area contributed by atoms with Gasteiger partial charge in [0.05, 0.1) is 17.3 Å². The third-order valence-corrected chi connectivity index (χ3v) is 5.14. The summed E-state index contributed by atoms with van der Waals surface area (Å²) in [4.78, 5) is 4.13. The highest BCUT2D eigenvalue weighted by molar-refractivity contribution is 7.89. The van der Waals surface area contributed by atoms with Crippen LogP contribution in [-0.2, 0) is 22.9 Å². The van der Waals surface area contributed by atoms with E-state index in [-0.39, 0.29) is 23.8 Å². The number of aromatic nitrogens is 2. The Kier molecular flexibility index (Phi) is 5.99. The fraction of sp³-hybridized carbons (Fsp3) is 0.250. The zero-order valence-corrected chi connectivity index (χ0v) is 15.2. The number of sulfonamides is 1. The Balaban J connectivity index is 0.00000225. The molecule has 9 heteroatoms. The first kappa shape index (κ1) is 19.2. The van der Waals surface area contributed by atoms with Gasteiger partial charge in [-0.05, 0) is 36.6 Å². The summed E-state index contributed by atoms with van der Waals surface area (Å²) in [5, 5.41) is 4.51. The average Bonchev–Trinajstić information content (AvgIpc) is 2.99.